The van der Waals surface area contributed by atoms with Gasteiger partial charge in [0.25, 0.3) is 0 Å². The molecule has 0 saturated carbocycles. The van der Waals surface area contributed by atoms with Gasteiger partial charge in [0.1, 0.15) is 0 Å². The number of rotatable bonds is 0. The van der Waals surface area contributed by atoms with Gasteiger partial charge in [-0.05, 0) is 0 Å². The first-order chi connectivity index (χ1) is 2.45. The van der Waals surface area contributed by atoms with Crippen LogP contribution in [0.3, 0.4) is 0 Å². The molecular formula is Cl4F2W. The van der Waals surface area contributed by atoms with Crippen LogP contribution in [0.15, 0.2) is 0 Å². The summed E-state index contributed by atoms with van der Waals surface area (Å²) < 4.78 is 23.3. The van der Waals surface area contributed by atoms with Crippen molar-refractivity contribution in [3.63, 3.8) is 0 Å². The summed E-state index contributed by atoms with van der Waals surface area (Å²) in [6, 6.07) is 0. The second-order valence-electron chi connectivity index (χ2n) is 0.875. The van der Waals surface area contributed by atoms with Crippen LogP contribution in [0, 0.1) is 0 Å². The van der Waals surface area contributed by atoms with Crippen molar-refractivity contribution in [1.29, 1.82) is 0 Å². The molecule has 0 aromatic carbocycles. The third-order valence-electron chi connectivity index (χ3n) is 0. The standard InChI is InChI=1S/4ClH.2FH.W/h6*1H;/q;;;;;;+6/p-6. The minimum absolute atomic E-state index is 4.21. The van der Waals surface area contributed by atoms with Crippen LogP contribution in [-0.4, -0.2) is 0 Å². The zero-order chi connectivity index (χ0) is 6.41. The summed E-state index contributed by atoms with van der Waals surface area (Å²) in [6.07, 6.45) is 0. The predicted molar refractivity (Wildman–Crippen MR) is 25.6 cm³/mol. The average Bonchev–Trinajstić information content (AvgIpc) is 0.592. The molecule has 0 fully saturated rings. The molecular weight excluding hydrogens is 364 g/mol. The van der Waals surface area contributed by atoms with Crippen LogP contribution in [-0.2, 0) is 10.4 Å². The molecule has 0 heterocycles. The van der Waals surface area contributed by atoms with E-state index in [-0.39, 0.29) is 0 Å². The molecule has 0 spiro atoms. The average molecular weight is 364 g/mol. The van der Waals surface area contributed by atoms with Gasteiger partial charge in [-0.2, -0.15) is 0 Å². The summed E-state index contributed by atoms with van der Waals surface area (Å²) in [7, 11) is 9.40. The summed E-state index contributed by atoms with van der Waals surface area (Å²) in [5.74, 6) is 0. The second kappa shape index (κ2) is 1.24. The molecule has 0 amide bonds. The van der Waals surface area contributed by atoms with Gasteiger partial charge in [-0.25, -0.2) is 0 Å². The maximum atomic E-state index is 11.7. The molecule has 0 bridgehead atoms. The van der Waals surface area contributed by atoms with Gasteiger partial charge in [0, 0.05) is 0 Å². The monoisotopic (exact) mass is 362 g/mol. The second-order valence-corrected chi connectivity index (χ2v) is 37.7. The zero-order valence-electron chi connectivity index (χ0n) is 2.68. The van der Waals surface area contributed by atoms with Gasteiger partial charge in [0.05, 0.1) is 0 Å². The van der Waals surface area contributed by atoms with Gasteiger partial charge in [0.2, 0.25) is 0 Å². The van der Waals surface area contributed by atoms with Crippen molar-refractivity contribution in [1.82, 2.24) is 0 Å². The molecule has 0 aromatic rings. The molecule has 0 atom stereocenters. The summed E-state index contributed by atoms with van der Waals surface area (Å²) in [4.78, 5) is 0. The Balaban J connectivity index is 4.43. The molecule has 7 heteroatoms. The predicted octanol–water partition coefficient (Wildman–Crippen LogP) is 3.60. The molecule has 0 aromatic heterocycles. The van der Waals surface area contributed by atoms with Crippen LogP contribution >= 0.6 is 37.7 Å². The van der Waals surface area contributed by atoms with E-state index in [1.165, 1.54) is 0 Å². The number of hydrogen-bond donors (Lipinski definition) is 0. The van der Waals surface area contributed by atoms with E-state index in [2.05, 4.69) is 37.7 Å². The molecule has 0 saturated heterocycles. The van der Waals surface area contributed by atoms with Crippen LogP contribution in [0.25, 0.3) is 0 Å². The van der Waals surface area contributed by atoms with Gasteiger partial charge in [-0.3, -0.25) is 0 Å². The van der Waals surface area contributed by atoms with Gasteiger partial charge >= 0.3 is 54.4 Å². The van der Waals surface area contributed by atoms with Crippen LogP contribution in [0.2, 0.25) is 0 Å². The molecule has 0 nitrogen and oxygen atoms in total. The quantitative estimate of drug-likeness (QED) is 0.617. The van der Waals surface area contributed by atoms with E-state index < -0.39 is 10.4 Å². The van der Waals surface area contributed by atoms with Crippen LogP contribution in [0.5, 0.6) is 0 Å². The Bertz CT molecular complexity index is 68.3. The first kappa shape index (κ1) is 8.71. The summed E-state index contributed by atoms with van der Waals surface area (Å²) in [5, 5.41) is 0. The molecule has 0 aliphatic heterocycles. The van der Waals surface area contributed by atoms with Crippen molar-refractivity contribution in [2.45, 2.75) is 0 Å². The van der Waals surface area contributed by atoms with E-state index in [4.69, 9.17) is 0 Å². The Morgan fingerprint density at radius 3 is 0.857 bits per heavy atom. The fraction of sp³-hybridized carbons (Fsp3) is 0. The topological polar surface area (TPSA) is 0 Å². The van der Waals surface area contributed by atoms with Gasteiger partial charge in [-0.15, -0.1) is 0 Å². The van der Waals surface area contributed by atoms with E-state index in [0.29, 0.717) is 0 Å². The molecule has 0 unspecified atom stereocenters. The fourth-order valence-electron chi connectivity index (χ4n) is 0. The van der Waals surface area contributed by atoms with E-state index in [0.717, 1.165) is 0 Å². The molecule has 0 rings (SSSR count). The van der Waals surface area contributed by atoms with Crippen LogP contribution in [0.4, 0.5) is 6.32 Å². The number of halogens is 6. The third-order valence-corrected chi connectivity index (χ3v) is 0. The summed E-state index contributed by atoms with van der Waals surface area (Å²) >= 11 is 0. The minimum atomic E-state index is -7.42. The zero-order valence-corrected chi connectivity index (χ0v) is 8.63. The molecule has 7 heavy (non-hydrogen) atoms. The molecule has 0 aliphatic carbocycles. The first-order valence-corrected chi connectivity index (χ1v) is 17.7. The van der Waals surface area contributed by atoms with Gasteiger partial charge < -0.3 is 0 Å². The summed E-state index contributed by atoms with van der Waals surface area (Å²) in [6.45, 7) is 0. The third kappa shape index (κ3) is 86.1. The Morgan fingerprint density at radius 1 is 0.857 bits per heavy atom. The summed E-state index contributed by atoms with van der Waals surface area (Å²) in [5.41, 5.74) is 0. The Morgan fingerprint density at radius 2 is 0.857 bits per heavy atom. The van der Waals surface area contributed by atoms with Gasteiger partial charge in [-0.1, -0.05) is 0 Å². The Labute approximate surface area is 54.2 Å². The molecule has 0 N–H and O–H groups in total. The Hall–Kier alpha value is 1.71. The van der Waals surface area contributed by atoms with Crippen LogP contribution in [0.1, 0.15) is 0 Å². The molecule has 48 valence electrons. The normalized spacial score (nSPS) is 23.1. The van der Waals surface area contributed by atoms with Crippen molar-refractivity contribution in [2.75, 3.05) is 0 Å². The maximum absolute atomic E-state index is 11.7. The van der Waals surface area contributed by atoms with Crippen molar-refractivity contribution in [3.05, 3.63) is 0 Å². The number of hydrogen-bond acceptors (Lipinski definition) is 0. The molecule has 0 radical (unpaired) electrons. The van der Waals surface area contributed by atoms with Crippen LogP contribution < -0.4 is 0 Å². The Kier molecular flexibility index (Phi) is 1.55. The van der Waals surface area contributed by atoms with E-state index in [1.54, 1.807) is 0 Å². The van der Waals surface area contributed by atoms with Gasteiger partial charge in [0.15, 0.2) is 0 Å². The van der Waals surface area contributed by atoms with Crippen molar-refractivity contribution < 1.29 is 16.8 Å². The van der Waals surface area contributed by atoms with Crippen molar-refractivity contribution in [2.24, 2.45) is 0 Å². The van der Waals surface area contributed by atoms with E-state index in [9.17, 15) is 6.32 Å². The fourth-order valence-corrected chi connectivity index (χ4v) is 0. The van der Waals surface area contributed by atoms with E-state index in [1.807, 2.05) is 0 Å². The molecule has 0 aliphatic rings. The first-order valence-electron chi connectivity index (χ1n) is 0.926. The van der Waals surface area contributed by atoms with Crippen molar-refractivity contribution >= 4 is 37.7 Å². The SMILES string of the molecule is [F][W]([F])([Cl])([Cl])([Cl])[Cl]. The van der Waals surface area contributed by atoms with Crippen molar-refractivity contribution in [3.8, 4) is 0 Å². The van der Waals surface area contributed by atoms with E-state index >= 15 is 0 Å².